The molecule has 0 bridgehead atoms. The quantitative estimate of drug-likeness (QED) is 0.140. The molecule has 0 aliphatic heterocycles. The van der Waals surface area contributed by atoms with Crippen molar-refractivity contribution in [2.45, 2.75) is 6.18 Å². The van der Waals surface area contributed by atoms with Crippen LogP contribution in [0.25, 0.3) is 0 Å². The lowest BCUT2D eigenvalue weighted by Gasteiger charge is -2.20. The zero-order valence-corrected chi connectivity index (χ0v) is 20.6. The molecule has 0 saturated carbocycles. The number of halogens is 6. The lowest BCUT2D eigenvalue weighted by molar-refractivity contribution is -0.137. The molecule has 3 aromatic rings. The predicted octanol–water partition coefficient (Wildman–Crippen LogP) is 6.16. The van der Waals surface area contributed by atoms with Gasteiger partial charge in [-0.2, -0.15) is 13.2 Å². The Labute approximate surface area is 218 Å². The van der Waals surface area contributed by atoms with E-state index in [2.05, 4.69) is 21.0 Å². The molecule has 1 heterocycles. The van der Waals surface area contributed by atoms with Crippen LogP contribution >= 0.6 is 34.8 Å². The maximum absolute atomic E-state index is 13.0. The molecule has 0 saturated heterocycles. The van der Waals surface area contributed by atoms with Gasteiger partial charge in [0, 0.05) is 19.4 Å². The van der Waals surface area contributed by atoms with Crippen molar-refractivity contribution < 1.29 is 22.8 Å². The van der Waals surface area contributed by atoms with Crippen LogP contribution in [-0.2, 0) is 15.8 Å². The number of carbonyl (C=O) groups excluding carboxylic acids is 2. The van der Waals surface area contributed by atoms with Gasteiger partial charge in [0.25, 0.3) is 11.8 Å². The number of alkyl halides is 3. The van der Waals surface area contributed by atoms with Crippen molar-refractivity contribution >= 4 is 63.8 Å². The maximum atomic E-state index is 13.0. The van der Waals surface area contributed by atoms with Crippen molar-refractivity contribution in [1.29, 1.82) is 0 Å². The van der Waals surface area contributed by atoms with E-state index in [0.717, 1.165) is 11.2 Å². The fourth-order valence-corrected chi connectivity index (χ4v) is 3.45. The molecular formula is C23H17Cl3F3N5O2. The molecule has 0 aliphatic rings. The number of hydrogen-bond acceptors (Lipinski definition) is 5. The van der Waals surface area contributed by atoms with Crippen LogP contribution in [0.3, 0.4) is 0 Å². The number of hydrogen-bond donors (Lipinski definition) is 3. The Bertz CT molecular complexity index is 1260. The van der Waals surface area contributed by atoms with Crippen LogP contribution in [-0.4, -0.2) is 23.8 Å². The molecule has 7 nitrogen and oxygen atoms in total. The van der Waals surface area contributed by atoms with E-state index in [1.807, 2.05) is 0 Å². The SMILES string of the molecule is CN(NC=C(C(=O)Nc1ccccc1Cl)C(=O)Nc1ccccc1Cl)c1ncc(C(F)(F)F)cc1Cl. The summed E-state index contributed by atoms with van der Waals surface area (Å²) in [6.45, 7) is 0. The largest absolute Gasteiger partial charge is 0.417 e. The van der Waals surface area contributed by atoms with E-state index in [9.17, 15) is 22.8 Å². The molecule has 36 heavy (non-hydrogen) atoms. The first-order valence-corrected chi connectivity index (χ1v) is 11.2. The summed E-state index contributed by atoms with van der Waals surface area (Å²) in [5.74, 6) is -1.75. The van der Waals surface area contributed by atoms with Crippen LogP contribution in [0.15, 0.2) is 72.6 Å². The molecule has 0 atom stereocenters. The Balaban J connectivity index is 1.88. The second kappa shape index (κ2) is 11.5. The second-order valence-electron chi connectivity index (χ2n) is 7.14. The minimum Gasteiger partial charge on any atom is -0.320 e. The van der Waals surface area contributed by atoms with Gasteiger partial charge in [-0.05, 0) is 30.3 Å². The molecular weight excluding hydrogens is 542 g/mol. The van der Waals surface area contributed by atoms with E-state index in [1.165, 1.54) is 19.2 Å². The van der Waals surface area contributed by atoms with Crippen LogP contribution in [0.1, 0.15) is 5.56 Å². The third kappa shape index (κ3) is 6.81. The van der Waals surface area contributed by atoms with Crippen LogP contribution in [0, 0.1) is 0 Å². The smallest absolute Gasteiger partial charge is 0.320 e. The normalized spacial score (nSPS) is 10.9. The van der Waals surface area contributed by atoms with Crippen molar-refractivity contribution in [3.8, 4) is 0 Å². The number of anilines is 3. The van der Waals surface area contributed by atoms with Gasteiger partial charge in [0.15, 0.2) is 5.82 Å². The lowest BCUT2D eigenvalue weighted by Crippen LogP contribution is -2.34. The summed E-state index contributed by atoms with van der Waals surface area (Å²) in [7, 11) is 1.38. The molecule has 3 rings (SSSR count). The zero-order valence-electron chi connectivity index (χ0n) is 18.3. The first-order valence-electron chi connectivity index (χ1n) is 10.0. The first kappa shape index (κ1) is 27.1. The van der Waals surface area contributed by atoms with E-state index in [0.29, 0.717) is 12.3 Å². The van der Waals surface area contributed by atoms with Gasteiger partial charge in [-0.25, -0.2) is 4.98 Å². The Morgan fingerprint density at radius 2 is 1.39 bits per heavy atom. The van der Waals surface area contributed by atoms with Gasteiger partial charge in [0.2, 0.25) is 0 Å². The maximum Gasteiger partial charge on any atom is 0.417 e. The number of hydrazine groups is 1. The first-order chi connectivity index (χ1) is 17.0. The molecule has 1 aromatic heterocycles. The van der Waals surface area contributed by atoms with Crippen molar-refractivity contribution in [2.24, 2.45) is 0 Å². The Morgan fingerprint density at radius 3 is 1.83 bits per heavy atom. The van der Waals surface area contributed by atoms with Crippen LogP contribution in [0.2, 0.25) is 15.1 Å². The molecule has 0 unspecified atom stereocenters. The summed E-state index contributed by atoms with van der Waals surface area (Å²) in [5.41, 5.74) is 1.68. The van der Waals surface area contributed by atoms with E-state index in [4.69, 9.17) is 34.8 Å². The Hall–Kier alpha value is -3.47. The van der Waals surface area contributed by atoms with Gasteiger partial charge in [-0.1, -0.05) is 59.1 Å². The van der Waals surface area contributed by atoms with E-state index < -0.39 is 29.1 Å². The fourth-order valence-electron chi connectivity index (χ4n) is 2.79. The number of aromatic nitrogens is 1. The van der Waals surface area contributed by atoms with Gasteiger partial charge in [-0.15, -0.1) is 0 Å². The average molecular weight is 559 g/mol. The number of pyridine rings is 1. The zero-order chi connectivity index (χ0) is 26.5. The molecule has 0 fully saturated rings. The number of benzene rings is 2. The summed E-state index contributed by atoms with van der Waals surface area (Å²) < 4.78 is 38.7. The highest BCUT2D eigenvalue weighted by Gasteiger charge is 2.32. The fraction of sp³-hybridized carbons (Fsp3) is 0.0870. The molecule has 0 aliphatic carbocycles. The van der Waals surface area contributed by atoms with Crippen molar-refractivity contribution in [1.82, 2.24) is 10.4 Å². The van der Waals surface area contributed by atoms with Gasteiger partial charge < -0.3 is 16.1 Å². The standard InChI is InChI=1S/C23H17Cl3F3N5O2/c1-34(20-17(26)10-13(11-30-20)23(27,28)29)31-12-14(21(35)32-18-8-4-2-6-15(18)24)22(36)33-19-9-5-3-7-16(19)25/h2-12,31H,1H3,(H,32,35)(H,33,36). The van der Waals surface area contributed by atoms with Gasteiger partial charge >= 0.3 is 6.18 Å². The highest BCUT2D eigenvalue weighted by atomic mass is 35.5. The number of carbonyl (C=O) groups is 2. The number of para-hydroxylation sites is 2. The summed E-state index contributed by atoms with van der Waals surface area (Å²) in [6, 6.07) is 13.5. The predicted molar refractivity (Wildman–Crippen MR) is 134 cm³/mol. The molecule has 188 valence electrons. The Morgan fingerprint density at radius 1 is 0.889 bits per heavy atom. The highest BCUT2D eigenvalue weighted by Crippen LogP contribution is 2.33. The van der Waals surface area contributed by atoms with E-state index >= 15 is 0 Å². The van der Waals surface area contributed by atoms with Gasteiger partial charge in [-0.3, -0.25) is 14.6 Å². The number of nitrogens with zero attached hydrogens (tertiary/aromatic N) is 2. The molecule has 2 aromatic carbocycles. The summed E-state index contributed by atoms with van der Waals surface area (Å²) in [5, 5.41) is 6.37. The molecule has 13 heteroatoms. The summed E-state index contributed by atoms with van der Waals surface area (Å²) >= 11 is 18.2. The van der Waals surface area contributed by atoms with E-state index in [1.54, 1.807) is 36.4 Å². The molecule has 3 N–H and O–H groups in total. The molecule has 0 radical (unpaired) electrons. The van der Waals surface area contributed by atoms with Gasteiger partial charge in [0.1, 0.15) is 5.57 Å². The highest BCUT2D eigenvalue weighted by molar-refractivity contribution is 6.36. The van der Waals surface area contributed by atoms with Crippen LogP contribution < -0.4 is 21.1 Å². The minimum absolute atomic E-state index is 0.0849. The third-order valence-electron chi connectivity index (χ3n) is 4.60. The molecule has 2 amide bonds. The summed E-state index contributed by atoms with van der Waals surface area (Å²) in [4.78, 5) is 29.7. The van der Waals surface area contributed by atoms with E-state index in [-0.39, 0.29) is 32.3 Å². The summed E-state index contributed by atoms with van der Waals surface area (Å²) in [6.07, 6.45) is -2.98. The van der Waals surface area contributed by atoms with Crippen LogP contribution in [0.4, 0.5) is 30.4 Å². The third-order valence-corrected chi connectivity index (χ3v) is 5.54. The lowest BCUT2D eigenvalue weighted by atomic mass is 10.2. The number of rotatable bonds is 7. The number of amides is 2. The second-order valence-corrected chi connectivity index (χ2v) is 8.36. The average Bonchev–Trinajstić information content (AvgIpc) is 2.81. The number of nitrogens with one attached hydrogen (secondary N) is 3. The minimum atomic E-state index is -4.62. The van der Waals surface area contributed by atoms with Gasteiger partial charge in [0.05, 0.1) is 32.0 Å². The Kier molecular flexibility index (Phi) is 8.67. The van der Waals surface area contributed by atoms with Crippen molar-refractivity contribution in [3.05, 3.63) is 93.2 Å². The topological polar surface area (TPSA) is 86.4 Å². The monoisotopic (exact) mass is 557 g/mol. The molecule has 0 spiro atoms. The van der Waals surface area contributed by atoms with Crippen LogP contribution in [0.5, 0.6) is 0 Å². The van der Waals surface area contributed by atoms with Crippen molar-refractivity contribution in [3.63, 3.8) is 0 Å². The van der Waals surface area contributed by atoms with Crippen molar-refractivity contribution in [2.75, 3.05) is 22.7 Å².